The van der Waals surface area contributed by atoms with E-state index in [0.29, 0.717) is 24.4 Å². The molecule has 138 valence electrons. The number of aromatic nitrogens is 1. The SMILES string of the molecule is COc1ccc(C(O)C(=O)N2CCCN(c3ccncc3C)CC2)cc1. The van der Waals surface area contributed by atoms with Crippen molar-refractivity contribution in [2.24, 2.45) is 0 Å². The zero-order valence-electron chi connectivity index (χ0n) is 15.3. The van der Waals surface area contributed by atoms with Gasteiger partial charge in [0.2, 0.25) is 0 Å². The minimum absolute atomic E-state index is 0.247. The van der Waals surface area contributed by atoms with E-state index in [1.54, 1.807) is 42.5 Å². The standard InChI is InChI=1S/C20H25N3O3/c1-15-14-21-9-8-18(15)22-10-3-11-23(13-12-22)20(25)19(24)16-4-6-17(26-2)7-5-16/h4-9,14,19,24H,3,10-13H2,1-2H3. The van der Waals surface area contributed by atoms with Crippen LogP contribution in [-0.4, -0.2) is 54.2 Å². The molecule has 1 aromatic carbocycles. The minimum atomic E-state index is -1.14. The Morgan fingerprint density at radius 1 is 1.15 bits per heavy atom. The van der Waals surface area contributed by atoms with Crippen molar-refractivity contribution in [2.45, 2.75) is 19.4 Å². The molecule has 2 heterocycles. The van der Waals surface area contributed by atoms with Crippen LogP contribution < -0.4 is 9.64 Å². The molecule has 2 aromatic rings. The van der Waals surface area contributed by atoms with Crippen molar-refractivity contribution in [3.8, 4) is 5.75 Å². The Balaban J connectivity index is 1.66. The molecule has 1 amide bonds. The van der Waals surface area contributed by atoms with Gasteiger partial charge in [-0.25, -0.2) is 0 Å². The number of carbonyl (C=O) groups excluding carboxylic acids is 1. The summed E-state index contributed by atoms with van der Waals surface area (Å²) in [5.41, 5.74) is 2.87. The lowest BCUT2D eigenvalue weighted by Gasteiger charge is -2.26. The molecular formula is C20H25N3O3. The summed E-state index contributed by atoms with van der Waals surface area (Å²) >= 11 is 0. The average Bonchev–Trinajstić information content (AvgIpc) is 2.93. The molecule has 6 nitrogen and oxygen atoms in total. The minimum Gasteiger partial charge on any atom is -0.497 e. The summed E-state index contributed by atoms with van der Waals surface area (Å²) in [5, 5.41) is 10.5. The van der Waals surface area contributed by atoms with Gasteiger partial charge in [-0.05, 0) is 42.7 Å². The molecule has 0 aliphatic carbocycles. The molecule has 6 heteroatoms. The second kappa shape index (κ2) is 8.19. The normalized spacial score (nSPS) is 16.1. The topological polar surface area (TPSA) is 65.9 Å². The van der Waals surface area contributed by atoms with Gasteiger partial charge in [0.05, 0.1) is 7.11 Å². The van der Waals surface area contributed by atoms with Gasteiger partial charge in [0.25, 0.3) is 5.91 Å². The van der Waals surface area contributed by atoms with Crippen LogP contribution in [0, 0.1) is 6.92 Å². The van der Waals surface area contributed by atoms with Gasteiger partial charge in [0.15, 0.2) is 6.10 Å². The number of hydrogen-bond acceptors (Lipinski definition) is 5. The van der Waals surface area contributed by atoms with Crippen molar-refractivity contribution >= 4 is 11.6 Å². The van der Waals surface area contributed by atoms with E-state index >= 15 is 0 Å². The molecule has 1 aromatic heterocycles. The zero-order valence-corrected chi connectivity index (χ0v) is 15.3. The van der Waals surface area contributed by atoms with Crippen LogP contribution in [-0.2, 0) is 4.79 Å². The van der Waals surface area contributed by atoms with E-state index in [1.807, 2.05) is 19.2 Å². The first-order valence-corrected chi connectivity index (χ1v) is 8.86. The first-order chi connectivity index (χ1) is 12.6. The number of benzene rings is 1. The lowest BCUT2D eigenvalue weighted by molar-refractivity contribution is -0.140. The lowest BCUT2D eigenvalue weighted by atomic mass is 10.1. The maximum absolute atomic E-state index is 12.7. The summed E-state index contributed by atoms with van der Waals surface area (Å²) in [4.78, 5) is 20.9. The summed E-state index contributed by atoms with van der Waals surface area (Å²) in [7, 11) is 1.59. The highest BCUT2D eigenvalue weighted by atomic mass is 16.5. The van der Waals surface area contributed by atoms with Gasteiger partial charge < -0.3 is 19.6 Å². The van der Waals surface area contributed by atoms with E-state index in [4.69, 9.17) is 4.74 Å². The van der Waals surface area contributed by atoms with E-state index < -0.39 is 6.10 Å². The Kier molecular flexibility index (Phi) is 5.73. The number of hydrogen-bond donors (Lipinski definition) is 1. The molecule has 1 aliphatic heterocycles. The monoisotopic (exact) mass is 355 g/mol. The summed E-state index contributed by atoms with van der Waals surface area (Å²) in [6, 6.07) is 8.97. The van der Waals surface area contributed by atoms with Gasteiger partial charge in [-0.1, -0.05) is 12.1 Å². The van der Waals surface area contributed by atoms with E-state index in [-0.39, 0.29) is 5.91 Å². The second-order valence-corrected chi connectivity index (χ2v) is 6.50. The molecule has 0 radical (unpaired) electrons. The number of aliphatic hydroxyl groups is 1. The van der Waals surface area contributed by atoms with E-state index in [2.05, 4.69) is 9.88 Å². The van der Waals surface area contributed by atoms with Crippen LogP contribution in [0.5, 0.6) is 5.75 Å². The van der Waals surface area contributed by atoms with Crippen LogP contribution in [0.1, 0.15) is 23.7 Å². The maximum atomic E-state index is 12.7. The van der Waals surface area contributed by atoms with Crippen LogP contribution in [0.25, 0.3) is 0 Å². The summed E-state index contributed by atoms with van der Waals surface area (Å²) in [5.74, 6) is 0.454. The van der Waals surface area contributed by atoms with Crippen molar-refractivity contribution < 1.29 is 14.6 Å². The number of anilines is 1. The highest BCUT2D eigenvalue weighted by Gasteiger charge is 2.26. The van der Waals surface area contributed by atoms with Crippen molar-refractivity contribution in [3.63, 3.8) is 0 Å². The third-order valence-electron chi connectivity index (χ3n) is 4.80. The number of aliphatic hydroxyl groups excluding tert-OH is 1. The number of methoxy groups -OCH3 is 1. The Hall–Kier alpha value is -2.60. The summed E-state index contributed by atoms with van der Waals surface area (Å²) < 4.78 is 5.12. The van der Waals surface area contributed by atoms with Gasteiger partial charge >= 0.3 is 0 Å². The summed E-state index contributed by atoms with van der Waals surface area (Å²) in [6.07, 6.45) is 3.37. The molecule has 1 saturated heterocycles. The lowest BCUT2D eigenvalue weighted by Crippen LogP contribution is -2.38. The van der Waals surface area contributed by atoms with Crippen LogP contribution in [0.4, 0.5) is 5.69 Å². The highest BCUT2D eigenvalue weighted by Crippen LogP contribution is 2.23. The molecular weight excluding hydrogens is 330 g/mol. The zero-order chi connectivity index (χ0) is 18.5. The Morgan fingerprint density at radius 2 is 1.92 bits per heavy atom. The second-order valence-electron chi connectivity index (χ2n) is 6.50. The molecule has 1 unspecified atom stereocenters. The third kappa shape index (κ3) is 3.96. The number of ether oxygens (including phenoxy) is 1. The Labute approximate surface area is 154 Å². The van der Waals surface area contributed by atoms with Crippen molar-refractivity contribution in [3.05, 3.63) is 53.9 Å². The predicted molar refractivity (Wildman–Crippen MR) is 100 cm³/mol. The van der Waals surface area contributed by atoms with Gasteiger partial charge in [-0.2, -0.15) is 0 Å². The largest absolute Gasteiger partial charge is 0.497 e. The molecule has 3 rings (SSSR count). The number of nitrogens with zero attached hydrogens (tertiary/aromatic N) is 3. The number of aryl methyl sites for hydroxylation is 1. The highest BCUT2D eigenvalue weighted by molar-refractivity contribution is 5.82. The van der Waals surface area contributed by atoms with Crippen LogP contribution in [0.2, 0.25) is 0 Å². The fourth-order valence-corrected chi connectivity index (χ4v) is 3.30. The van der Waals surface area contributed by atoms with Gasteiger partial charge in [0, 0.05) is 44.3 Å². The Morgan fingerprint density at radius 3 is 2.62 bits per heavy atom. The van der Waals surface area contributed by atoms with E-state index in [0.717, 1.165) is 30.8 Å². The molecule has 1 fully saturated rings. The van der Waals surface area contributed by atoms with Crippen molar-refractivity contribution in [1.29, 1.82) is 0 Å². The molecule has 0 saturated carbocycles. The molecule has 1 atom stereocenters. The first kappa shape index (κ1) is 18.2. The summed E-state index contributed by atoms with van der Waals surface area (Å²) in [6.45, 7) is 4.91. The number of carbonyl (C=O) groups is 1. The number of amides is 1. The quantitative estimate of drug-likeness (QED) is 0.911. The van der Waals surface area contributed by atoms with Crippen LogP contribution >= 0.6 is 0 Å². The van der Waals surface area contributed by atoms with E-state index in [9.17, 15) is 9.90 Å². The third-order valence-corrected chi connectivity index (χ3v) is 4.80. The van der Waals surface area contributed by atoms with Crippen molar-refractivity contribution in [2.75, 3.05) is 38.2 Å². The number of pyridine rings is 1. The van der Waals surface area contributed by atoms with E-state index in [1.165, 1.54) is 0 Å². The van der Waals surface area contributed by atoms with Gasteiger partial charge in [0.1, 0.15) is 5.75 Å². The fraction of sp³-hybridized carbons (Fsp3) is 0.400. The Bertz CT molecular complexity index is 748. The molecule has 0 bridgehead atoms. The van der Waals surface area contributed by atoms with Crippen LogP contribution in [0.3, 0.4) is 0 Å². The van der Waals surface area contributed by atoms with Gasteiger partial charge in [-0.15, -0.1) is 0 Å². The van der Waals surface area contributed by atoms with Crippen molar-refractivity contribution in [1.82, 2.24) is 9.88 Å². The molecule has 1 N–H and O–H groups in total. The fourth-order valence-electron chi connectivity index (χ4n) is 3.30. The molecule has 1 aliphatic rings. The first-order valence-electron chi connectivity index (χ1n) is 8.86. The van der Waals surface area contributed by atoms with Crippen LogP contribution in [0.15, 0.2) is 42.7 Å². The molecule has 0 spiro atoms. The smallest absolute Gasteiger partial charge is 0.256 e. The maximum Gasteiger partial charge on any atom is 0.256 e. The molecule has 26 heavy (non-hydrogen) atoms. The number of rotatable bonds is 4. The predicted octanol–water partition coefficient (Wildman–Crippen LogP) is 2.17. The van der Waals surface area contributed by atoms with Gasteiger partial charge in [-0.3, -0.25) is 9.78 Å². The average molecular weight is 355 g/mol.